The van der Waals surface area contributed by atoms with Crippen molar-refractivity contribution in [1.82, 2.24) is 14.8 Å². The molecular weight excluding hydrogens is 435 g/mol. The second kappa shape index (κ2) is 8.02. The average molecular weight is 455 g/mol. The van der Waals surface area contributed by atoms with Gasteiger partial charge in [-0.2, -0.15) is 4.98 Å². The van der Waals surface area contributed by atoms with Crippen LogP contribution >= 0.6 is 23.2 Å². The number of carbonyl (C=O) groups is 1. The fourth-order valence-corrected chi connectivity index (χ4v) is 4.49. The highest BCUT2D eigenvalue weighted by atomic mass is 35.5. The Kier molecular flexibility index (Phi) is 5.20. The Morgan fingerprint density at radius 2 is 2.00 bits per heavy atom. The average Bonchev–Trinajstić information content (AvgIpc) is 3.19. The Hall–Kier alpha value is -2.83. The first-order valence-electron chi connectivity index (χ1n) is 10.2. The fraction of sp³-hybridized carbons (Fsp3) is 0.261. The van der Waals surface area contributed by atoms with Crippen molar-refractivity contribution in [2.45, 2.75) is 32.2 Å². The van der Waals surface area contributed by atoms with Crippen LogP contribution in [0.5, 0.6) is 5.75 Å². The van der Waals surface area contributed by atoms with Crippen molar-refractivity contribution in [3.05, 3.63) is 69.3 Å². The van der Waals surface area contributed by atoms with E-state index in [1.54, 1.807) is 16.8 Å². The quantitative estimate of drug-likeness (QED) is 0.549. The minimum absolute atomic E-state index is 0.127. The summed E-state index contributed by atoms with van der Waals surface area (Å²) in [6, 6.07) is 12.7. The van der Waals surface area contributed by atoms with Gasteiger partial charge in [0, 0.05) is 28.8 Å². The Morgan fingerprint density at radius 3 is 2.81 bits per heavy atom. The molecule has 0 saturated heterocycles. The smallest absolute Gasteiger partial charge is 0.226 e. The van der Waals surface area contributed by atoms with Crippen LogP contribution < -0.4 is 10.1 Å². The molecule has 1 atom stereocenters. The number of fused-ring (bicyclic) bond motifs is 1. The lowest BCUT2D eigenvalue weighted by Crippen LogP contribution is -2.31. The number of carbonyl (C=O) groups excluding carboxylic acids is 1. The number of aromatic nitrogens is 3. The Labute approximate surface area is 189 Å². The summed E-state index contributed by atoms with van der Waals surface area (Å²) in [6.07, 6.45) is 2.14. The highest BCUT2D eigenvalue weighted by molar-refractivity contribution is 6.42. The first-order valence-corrected chi connectivity index (χ1v) is 11.0. The van der Waals surface area contributed by atoms with E-state index < -0.39 is 6.04 Å². The Balaban J connectivity index is 1.69. The number of nitrogens with zero attached hydrogens (tertiary/aromatic N) is 3. The van der Waals surface area contributed by atoms with Crippen LogP contribution in [-0.2, 0) is 4.79 Å². The number of ketones is 1. The maximum absolute atomic E-state index is 13.0. The maximum Gasteiger partial charge on any atom is 0.226 e. The van der Waals surface area contributed by atoms with Crippen molar-refractivity contribution in [1.29, 1.82) is 0 Å². The number of rotatable bonds is 4. The summed E-state index contributed by atoms with van der Waals surface area (Å²) in [4.78, 5) is 17.7. The molecule has 158 valence electrons. The van der Waals surface area contributed by atoms with Gasteiger partial charge in [0.15, 0.2) is 11.6 Å². The third kappa shape index (κ3) is 3.50. The van der Waals surface area contributed by atoms with E-state index >= 15 is 0 Å². The first-order chi connectivity index (χ1) is 15.1. The standard InChI is InChI=1S/C23H20Cl2N4O2/c1-2-31-19-9-4-3-6-14(19)21-20-17(7-5-8-18(20)30)26-23-27-22(28-29(21)23)13-10-11-15(24)16(25)12-13/h3-4,6,9-12,21H,2,5,7-8H2,1H3,(H,26,27,28). The van der Waals surface area contributed by atoms with E-state index in [4.69, 9.17) is 38.0 Å². The molecule has 0 spiro atoms. The van der Waals surface area contributed by atoms with Gasteiger partial charge < -0.3 is 10.1 Å². The van der Waals surface area contributed by atoms with Crippen molar-refractivity contribution in [2.24, 2.45) is 0 Å². The zero-order valence-corrected chi connectivity index (χ0v) is 18.4. The van der Waals surface area contributed by atoms with Gasteiger partial charge in [-0.05, 0) is 44.0 Å². The molecule has 0 radical (unpaired) electrons. The van der Waals surface area contributed by atoms with Crippen LogP contribution in [0.2, 0.25) is 10.0 Å². The number of halogens is 2. The van der Waals surface area contributed by atoms with Crippen LogP contribution in [0, 0.1) is 0 Å². The molecule has 2 aromatic carbocycles. The number of allylic oxidation sites excluding steroid dienone is 2. The third-order valence-corrected chi connectivity index (χ3v) is 6.30. The SMILES string of the molecule is CCOc1ccccc1C1C2=C(CCCC2=O)Nc2nc(-c3ccc(Cl)c(Cl)c3)nn21. The predicted octanol–water partition coefficient (Wildman–Crippen LogP) is 5.67. The van der Waals surface area contributed by atoms with E-state index in [-0.39, 0.29) is 5.78 Å². The molecule has 1 N–H and O–H groups in total. The van der Waals surface area contributed by atoms with Crippen LogP contribution in [0.15, 0.2) is 53.7 Å². The summed E-state index contributed by atoms with van der Waals surface area (Å²) in [7, 11) is 0. The van der Waals surface area contributed by atoms with Crippen molar-refractivity contribution < 1.29 is 9.53 Å². The Morgan fingerprint density at radius 1 is 1.16 bits per heavy atom. The lowest BCUT2D eigenvalue weighted by atomic mass is 9.85. The van der Waals surface area contributed by atoms with E-state index in [1.165, 1.54) is 0 Å². The zero-order valence-electron chi connectivity index (χ0n) is 16.9. The van der Waals surface area contributed by atoms with Gasteiger partial charge in [-0.1, -0.05) is 41.4 Å². The summed E-state index contributed by atoms with van der Waals surface area (Å²) < 4.78 is 7.67. The molecule has 8 heteroatoms. The Bertz CT molecular complexity index is 1220. The van der Waals surface area contributed by atoms with E-state index in [0.717, 1.165) is 41.0 Å². The summed E-state index contributed by atoms with van der Waals surface area (Å²) in [5.41, 5.74) is 3.28. The lowest BCUT2D eigenvalue weighted by molar-refractivity contribution is -0.116. The molecule has 2 aliphatic rings. The molecular formula is C23H20Cl2N4O2. The van der Waals surface area contributed by atoms with Crippen molar-refractivity contribution >= 4 is 34.9 Å². The topological polar surface area (TPSA) is 69.0 Å². The van der Waals surface area contributed by atoms with Gasteiger partial charge >= 0.3 is 0 Å². The number of hydrogen-bond donors (Lipinski definition) is 1. The molecule has 1 aliphatic carbocycles. The van der Waals surface area contributed by atoms with Crippen LogP contribution in [0.1, 0.15) is 37.8 Å². The molecule has 3 aromatic rings. The van der Waals surface area contributed by atoms with Gasteiger partial charge in [-0.3, -0.25) is 4.79 Å². The van der Waals surface area contributed by atoms with Crippen LogP contribution in [0.25, 0.3) is 11.4 Å². The van der Waals surface area contributed by atoms with Gasteiger partial charge in [-0.15, -0.1) is 5.10 Å². The molecule has 0 fully saturated rings. The molecule has 0 bridgehead atoms. The molecule has 5 rings (SSSR count). The number of para-hydroxylation sites is 1. The largest absolute Gasteiger partial charge is 0.494 e. The highest BCUT2D eigenvalue weighted by Gasteiger charge is 2.38. The van der Waals surface area contributed by atoms with Gasteiger partial charge in [0.25, 0.3) is 0 Å². The van der Waals surface area contributed by atoms with Gasteiger partial charge in [-0.25, -0.2) is 4.68 Å². The minimum atomic E-state index is -0.411. The van der Waals surface area contributed by atoms with Gasteiger partial charge in [0.1, 0.15) is 11.8 Å². The van der Waals surface area contributed by atoms with Crippen molar-refractivity contribution in [3.63, 3.8) is 0 Å². The molecule has 1 aliphatic heterocycles. The predicted molar refractivity (Wildman–Crippen MR) is 121 cm³/mol. The van der Waals surface area contributed by atoms with Crippen LogP contribution in [-0.4, -0.2) is 27.2 Å². The maximum atomic E-state index is 13.0. The number of nitrogens with one attached hydrogen (secondary N) is 1. The van der Waals surface area contributed by atoms with E-state index in [9.17, 15) is 4.79 Å². The molecule has 0 amide bonds. The summed E-state index contributed by atoms with van der Waals surface area (Å²) >= 11 is 12.3. The molecule has 0 saturated carbocycles. The summed E-state index contributed by atoms with van der Waals surface area (Å²) in [6.45, 7) is 2.47. The summed E-state index contributed by atoms with van der Waals surface area (Å²) in [5, 5.41) is 9.03. The van der Waals surface area contributed by atoms with E-state index in [1.807, 2.05) is 37.3 Å². The highest BCUT2D eigenvalue weighted by Crippen LogP contribution is 2.43. The summed E-state index contributed by atoms with van der Waals surface area (Å²) in [5.74, 6) is 1.96. The van der Waals surface area contributed by atoms with Gasteiger partial charge in [0.05, 0.1) is 16.7 Å². The lowest BCUT2D eigenvalue weighted by Gasteiger charge is -2.32. The first kappa shape index (κ1) is 20.1. The normalized spacial score (nSPS) is 17.8. The second-order valence-corrected chi connectivity index (χ2v) is 8.31. The number of benzene rings is 2. The van der Waals surface area contributed by atoms with Crippen molar-refractivity contribution in [2.75, 3.05) is 11.9 Å². The minimum Gasteiger partial charge on any atom is -0.494 e. The molecule has 1 aromatic heterocycles. The zero-order chi connectivity index (χ0) is 21.5. The monoisotopic (exact) mass is 454 g/mol. The number of ether oxygens (including phenoxy) is 1. The number of anilines is 1. The van der Waals surface area contributed by atoms with Crippen LogP contribution in [0.3, 0.4) is 0 Å². The van der Waals surface area contributed by atoms with E-state index in [2.05, 4.69) is 5.32 Å². The van der Waals surface area contributed by atoms with Crippen LogP contribution in [0.4, 0.5) is 5.95 Å². The van der Waals surface area contributed by atoms with E-state index in [0.29, 0.717) is 34.8 Å². The van der Waals surface area contributed by atoms with Gasteiger partial charge in [0.2, 0.25) is 5.95 Å². The molecule has 2 heterocycles. The third-order valence-electron chi connectivity index (χ3n) is 5.56. The number of hydrogen-bond acceptors (Lipinski definition) is 5. The molecule has 6 nitrogen and oxygen atoms in total. The number of Topliss-reactive ketones (excluding diaryl/α,β-unsaturated/α-hetero) is 1. The van der Waals surface area contributed by atoms with Crippen molar-refractivity contribution in [3.8, 4) is 17.1 Å². The fourth-order valence-electron chi connectivity index (χ4n) is 4.19. The second-order valence-electron chi connectivity index (χ2n) is 7.50. The molecule has 31 heavy (non-hydrogen) atoms. The molecule has 1 unspecified atom stereocenters.